The molecule has 0 saturated heterocycles. The minimum absolute atomic E-state index is 0.0373. The smallest absolute Gasteiger partial charge is 0.456 e. The average Bonchev–Trinajstić information content (AvgIpc) is 3.29. The van der Waals surface area contributed by atoms with Gasteiger partial charge in [0.05, 0.1) is 33.8 Å². The van der Waals surface area contributed by atoms with Crippen molar-refractivity contribution < 1.29 is 37.3 Å². The van der Waals surface area contributed by atoms with Gasteiger partial charge < -0.3 is 19.4 Å². The Bertz CT molecular complexity index is 1310. The predicted molar refractivity (Wildman–Crippen MR) is 291 cm³/mol. The number of likely N-dealkylation sites (N-methyl/N-ethyl adjacent to an activating group) is 1. The normalized spacial score (nSPS) is 14.2. The van der Waals surface area contributed by atoms with Crippen LogP contribution in [0, 0.1) is 0 Å². The molecular formula is C58H110N2O7P+. The first kappa shape index (κ1) is 66.0. The number of carbonyl (C=O) groups is 2. The predicted octanol–water partition coefficient (Wildman–Crippen LogP) is 16.9. The van der Waals surface area contributed by atoms with Gasteiger partial charge in [0.2, 0.25) is 5.91 Å². The lowest BCUT2D eigenvalue weighted by atomic mass is 10.0. The van der Waals surface area contributed by atoms with Crippen molar-refractivity contribution in [2.45, 2.75) is 270 Å². The third-order valence-corrected chi connectivity index (χ3v) is 13.5. The van der Waals surface area contributed by atoms with Crippen LogP contribution in [0.5, 0.6) is 0 Å². The van der Waals surface area contributed by atoms with Gasteiger partial charge in [0.25, 0.3) is 0 Å². The molecule has 0 heterocycles. The molecule has 0 aliphatic rings. The largest absolute Gasteiger partial charge is 0.472 e. The van der Waals surface area contributed by atoms with Crippen molar-refractivity contribution in [1.29, 1.82) is 0 Å². The number of carbonyl (C=O) groups excluding carboxylic acids is 2. The molecule has 2 N–H and O–H groups in total. The van der Waals surface area contributed by atoms with E-state index in [1.165, 1.54) is 135 Å². The van der Waals surface area contributed by atoms with E-state index in [0.29, 0.717) is 17.4 Å². The summed E-state index contributed by atoms with van der Waals surface area (Å²) in [6.07, 6.45) is 58.1. The SMILES string of the molecule is CCCCC/C=C/C=C/CCCCCCCCC(=O)OC(/C=C/CCCCCCCCCCCC)C(COP(=O)(O)OCC[N+](C)(C)C)NC(=O)CCCCCCCCC/C=C\CCCCCC. The molecule has 3 unspecified atom stereocenters. The molecule has 68 heavy (non-hydrogen) atoms. The van der Waals surface area contributed by atoms with Crippen LogP contribution >= 0.6 is 7.82 Å². The molecule has 0 aromatic carbocycles. The number of phosphoric acid groups is 1. The van der Waals surface area contributed by atoms with Crippen molar-refractivity contribution >= 4 is 19.7 Å². The van der Waals surface area contributed by atoms with Crippen molar-refractivity contribution in [1.82, 2.24) is 5.32 Å². The topological polar surface area (TPSA) is 111 Å². The lowest BCUT2D eigenvalue weighted by molar-refractivity contribution is -0.870. The Morgan fingerprint density at radius 2 is 0.897 bits per heavy atom. The fraction of sp³-hybridized carbons (Fsp3) is 0.828. The molecule has 0 aliphatic heterocycles. The van der Waals surface area contributed by atoms with Crippen LogP contribution in [-0.2, 0) is 27.9 Å². The Labute approximate surface area is 420 Å². The molecule has 0 saturated carbocycles. The molecule has 0 fully saturated rings. The first-order valence-electron chi connectivity index (χ1n) is 28.5. The molecule has 0 rings (SSSR count). The Hall–Kier alpha value is -2.03. The van der Waals surface area contributed by atoms with Crippen molar-refractivity contribution in [3.8, 4) is 0 Å². The van der Waals surface area contributed by atoms with Gasteiger partial charge in [0.1, 0.15) is 19.3 Å². The number of quaternary nitrogens is 1. The highest BCUT2D eigenvalue weighted by Crippen LogP contribution is 2.43. The van der Waals surface area contributed by atoms with E-state index in [-0.39, 0.29) is 31.5 Å². The van der Waals surface area contributed by atoms with Gasteiger partial charge in [-0.25, -0.2) is 4.57 Å². The summed E-state index contributed by atoms with van der Waals surface area (Å²) < 4.78 is 30.6. The highest BCUT2D eigenvalue weighted by molar-refractivity contribution is 7.47. The van der Waals surface area contributed by atoms with E-state index in [2.05, 4.69) is 62.5 Å². The van der Waals surface area contributed by atoms with Gasteiger partial charge in [-0.3, -0.25) is 18.6 Å². The van der Waals surface area contributed by atoms with Crippen LogP contribution in [0.2, 0.25) is 0 Å². The maximum Gasteiger partial charge on any atom is 0.472 e. The standard InChI is InChI=1S/C58H109N2O7P/c1-7-10-13-16-19-22-25-28-30-32-35-38-41-44-47-50-57(61)59-55(54-66-68(63,64)65-53-52-60(4,5)6)56(49-46-43-40-37-34-27-24-21-18-15-12-9-3)67-58(62)51-48-45-42-39-36-33-31-29-26-23-20-17-14-11-8-2/h20,22-23,25-26,29,46,49,55-56H,7-19,21,24,27-28,30-45,47-48,50-54H2,1-6H3,(H-,59,61,63,64)/p+1/b23-20+,25-22-,29-26+,49-46+. The molecule has 9 nitrogen and oxygen atoms in total. The fourth-order valence-corrected chi connectivity index (χ4v) is 8.78. The number of allylic oxidation sites excluding steroid dienone is 7. The van der Waals surface area contributed by atoms with Gasteiger partial charge in [-0.2, -0.15) is 0 Å². The summed E-state index contributed by atoms with van der Waals surface area (Å²) in [5.41, 5.74) is 0. The number of esters is 1. The molecule has 0 spiro atoms. The monoisotopic (exact) mass is 978 g/mol. The summed E-state index contributed by atoms with van der Waals surface area (Å²) in [7, 11) is 1.49. The van der Waals surface area contributed by atoms with Crippen LogP contribution in [0.15, 0.2) is 48.6 Å². The lowest BCUT2D eigenvalue weighted by Crippen LogP contribution is -2.47. The summed E-state index contributed by atoms with van der Waals surface area (Å²) in [4.78, 5) is 37.5. The van der Waals surface area contributed by atoms with Gasteiger partial charge in [-0.1, -0.05) is 211 Å². The zero-order chi connectivity index (χ0) is 50.1. The molecule has 0 radical (unpaired) electrons. The third-order valence-electron chi connectivity index (χ3n) is 12.5. The van der Waals surface area contributed by atoms with Crippen molar-refractivity contribution in [2.24, 2.45) is 0 Å². The van der Waals surface area contributed by atoms with Gasteiger partial charge in [0, 0.05) is 12.8 Å². The molecule has 0 aromatic heterocycles. The molecule has 10 heteroatoms. The van der Waals surface area contributed by atoms with Gasteiger partial charge in [-0.15, -0.1) is 0 Å². The highest BCUT2D eigenvalue weighted by atomic mass is 31.2. The van der Waals surface area contributed by atoms with Crippen LogP contribution in [0.4, 0.5) is 0 Å². The molecule has 0 aromatic rings. The number of nitrogens with zero attached hydrogens (tertiary/aromatic N) is 1. The Morgan fingerprint density at radius 3 is 1.38 bits per heavy atom. The van der Waals surface area contributed by atoms with E-state index < -0.39 is 20.0 Å². The number of nitrogens with one attached hydrogen (secondary N) is 1. The van der Waals surface area contributed by atoms with Crippen molar-refractivity contribution in [3.05, 3.63) is 48.6 Å². The van der Waals surface area contributed by atoms with Crippen LogP contribution in [0.3, 0.4) is 0 Å². The summed E-state index contributed by atoms with van der Waals surface area (Å²) in [5, 5.41) is 3.04. The van der Waals surface area contributed by atoms with E-state index in [9.17, 15) is 19.0 Å². The number of rotatable bonds is 51. The Balaban J connectivity index is 5.38. The Morgan fingerprint density at radius 1 is 0.515 bits per heavy atom. The summed E-state index contributed by atoms with van der Waals surface area (Å²) in [6, 6.07) is -0.853. The zero-order valence-electron chi connectivity index (χ0n) is 45.3. The van der Waals surface area contributed by atoms with Gasteiger partial charge in [-0.05, 0) is 83.1 Å². The third kappa shape index (κ3) is 49.0. The molecule has 1 amide bonds. The number of ether oxygens (including phenoxy) is 1. The highest BCUT2D eigenvalue weighted by Gasteiger charge is 2.30. The first-order valence-corrected chi connectivity index (χ1v) is 30.0. The van der Waals surface area contributed by atoms with E-state index in [1.54, 1.807) is 0 Å². The van der Waals surface area contributed by atoms with Crippen LogP contribution < -0.4 is 5.32 Å². The zero-order valence-corrected chi connectivity index (χ0v) is 46.2. The number of hydrogen-bond acceptors (Lipinski definition) is 6. The van der Waals surface area contributed by atoms with Crippen molar-refractivity contribution in [3.63, 3.8) is 0 Å². The molecular weight excluding hydrogens is 868 g/mol. The maximum atomic E-state index is 13.5. The van der Waals surface area contributed by atoms with Gasteiger partial charge in [0.15, 0.2) is 0 Å². The fourth-order valence-electron chi connectivity index (χ4n) is 8.04. The summed E-state index contributed by atoms with van der Waals surface area (Å²) in [5.74, 6) is -0.521. The Kier molecular flexibility index (Phi) is 47.1. The summed E-state index contributed by atoms with van der Waals surface area (Å²) in [6.45, 7) is 6.96. The second-order valence-corrected chi connectivity index (χ2v) is 21.9. The van der Waals surface area contributed by atoms with Crippen LogP contribution in [-0.4, -0.2) is 74.3 Å². The van der Waals surface area contributed by atoms with Crippen LogP contribution in [0.1, 0.15) is 258 Å². The lowest BCUT2D eigenvalue weighted by Gasteiger charge is -2.27. The maximum absolute atomic E-state index is 13.5. The minimum Gasteiger partial charge on any atom is -0.456 e. The summed E-state index contributed by atoms with van der Waals surface area (Å²) >= 11 is 0. The average molecular weight is 978 g/mol. The molecule has 398 valence electrons. The quantitative estimate of drug-likeness (QED) is 0.0156. The number of unbranched alkanes of at least 4 members (excludes halogenated alkanes) is 30. The molecule has 0 aliphatic carbocycles. The van der Waals surface area contributed by atoms with E-state index in [1.807, 2.05) is 33.3 Å². The van der Waals surface area contributed by atoms with E-state index in [4.69, 9.17) is 13.8 Å². The van der Waals surface area contributed by atoms with E-state index in [0.717, 1.165) is 89.9 Å². The minimum atomic E-state index is -4.44. The molecule has 0 bridgehead atoms. The first-order chi connectivity index (χ1) is 32.9. The number of hydrogen-bond donors (Lipinski definition) is 2. The van der Waals surface area contributed by atoms with Crippen LogP contribution in [0.25, 0.3) is 0 Å². The second-order valence-electron chi connectivity index (χ2n) is 20.5. The van der Waals surface area contributed by atoms with Gasteiger partial charge >= 0.3 is 13.8 Å². The number of phosphoric ester groups is 1. The molecule has 3 atom stereocenters. The van der Waals surface area contributed by atoms with E-state index >= 15 is 0 Å². The van der Waals surface area contributed by atoms with Crippen molar-refractivity contribution in [2.75, 3.05) is 40.9 Å². The number of amides is 1. The second kappa shape index (κ2) is 48.6.